The van der Waals surface area contributed by atoms with Gasteiger partial charge >= 0.3 is 0 Å². The number of carbonyl (C=O) groups is 1. The normalized spacial score (nSPS) is 16.0. The lowest BCUT2D eigenvalue weighted by Crippen LogP contribution is -2.25. The zero-order chi connectivity index (χ0) is 13.8. The highest BCUT2D eigenvalue weighted by atomic mass is 16.1. The number of anilines is 1. The molecule has 0 bridgehead atoms. The van der Waals surface area contributed by atoms with Crippen LogP contribution in [0.4, 0.5) is 5.69 Å². The van der Waals surface area contributed by atoms with E-state index in [1.54, 1.807) is 12.5 Å². The summed E-state index contributed by atoms with van der Waals surface area (Å²) in [4.78, 5) is 16.4. The Morgan fingerprint density at radius 3 is 2.75 bits per heavy atom. The van der Waals surface area contributed by atoms with Crippen LogP contribution in [0.1, 0.15) is 32.1 Å². The van der Waals surface area contributed by atoms with Crippen molar-refractivity contribution in [1.82, 2.24) is 9.55 Å². The molecule has 0 atom stereocenters. The van der Waals surface area contributed by atoms with Gasteiger partial charge in [0.05, 0.1) is 17.7 Å². The summed E-state index contributed by atoms with van der Waals surface area (Å²) in [5.41, 5.74) is 1.80. The summed E-state index contributed by atoms with van der Waals surface area (Å²) >= 11 is 0. The van der Waals surface area contributed by atoms with E-state index in [2.05, 4.69) is 10.3 Å². The van der Waals surface area contributed by atoms with Gasteiger partial charge in [0.15, 0.2) is 0 Å². The molecule has 0 unspecified atom stereocenters. The van der Waals surface area contributed by atoms with E-state index in [9.17, 15) is 4.79 Å². The van der Waals surface area contributed by atoms with Gasteiger partial charge in [0.2, 0.25) is 5.91 Å². The summed E-state index contributed by atoms with van der Waals surface area (Å²) in [6, 6.07) is 7.83. The number of para-hydroxylation sites is 2. The van der Waals surface area contributed by atoms with Crippen molar-refractivity contribution in [2.45, 2.75) is 32.1 Å². The van der Waals surface area contributed by atoms with Crippen LogP contribution in [0.5, 0.6) is 0 Å². The largest absolute Gasteiger partial charge is 0.324 e. The van der Waals surface area contributed by atoms with Crippen LogP contribution in [0.15, 0.2) is 43.0 Å². The lowest BCUT2D eigenvalue weighted by molar-refractivity contribution is -0.120. The molecule has 1 amide bonds. The summed E-state index contributed by atoms with van der Waals surface area (Å²) in [6.45, 7) is 0. The van der Waals surface area contributed by atoms with Gasteiger partial charge in [-0.1, -0.05) is 31.4 Å². The number of benzene rings is 1. The molecule has 0 saturated heterocycles. The number of nitrogens with zero attached hydrogens (tertiary/aromatic N) is 2. The Kier molecular flexibility index (Phi) is 3.81. The SMILES string of the molecule is O=C(Nc1ccccc1-n1ccnc1)C1CCCCC1. The van der Waals surface area contributed by atoms with E-state index in [0.29, 0.717) is 0 Å². The molecule has 4 heteroatoms. The molecule has 1 aliphatic carbocycles. The van der Waals surface area contributed by atoms with Crippen molar-refractivity contribution in [3.8, 4) is 5.69 Å². The van der Waals surface area contributed by atoms with Crippen LogP contribution in [0.3, 0.4) is 0 Å². The third-order valence-electron chi connectivity index (χ3n) is 3.92. The Hall–Kier alpha value is -2.10. The van der Waals surface area contributed by atoms with Crippen molar-refractivity contribution < 1.29 is 4.79 Å². The smallest absolute Gasteiger partial charge is 0.227 e. The number of hydrogen-bond acceptors (Lipinski definition) is 2. The van der Waals surface area contributed by atoms with E-state index in [0.717, 1.165) is 24.2 Å². The van der Waals surface area contributed by atoms with E-state index in [1.807, 2.05) is 35.0 Å². The van der Waals surface area contributed by atoms with E-state index in [-0.39, 0.29) is 11.8 Å². The zero-order valence-corrected chi connectivity index (χ0v) is 11.5. The van der Waals surface area contributed by atoms with Gasteiger partial charge in [-0.15, -0.1) is 0 Å². The average Bonchev–Trinajstić information content (AvgIpc) is 3.03. The van der Waals surface area contributed by atoms with Crippen molar-refractivity contribution in [2.75, 3.05) is 5.32 Å². The lowest BCUT2D eigenvalue weighted by Gasteiger charge is -2.21. The fraction of sp³-hybridized carbons (Fsp3) is 0.375. The topological polar surface area (TPSA) is 46.9 Å². The maximum atomic E-state index is 12.4. The predicted molar refractivity (Wildman–Crippen MR) is 78.8 cm³/mol. The van der Waals surface area contributed by atoms with E-state index in [4.69, 9.17) is 0 Å². The molecule has 1 heterocycles. The highest BCUT2D eigenvalue weighted by Crippen LogP contribution is 2.26. The first-order valence-corrected chi connectivity index (χ1v) is 7.23. The molecule has 4 nitrogen and oxygen atoms in total. The minimum Gasteiger partial charge on any atom is -0.324 e. The van der Waals surface area contributed by atoms with Gasteiger partial charge in [-0.2, -0.15) is 0 Å². The van der Waals surface area contributed by atoms with Gasteiger partial charge in [0.1, 0.15) is 0 Å². The number of hydrogen-bond donors (Lipinski definition) is 1. The number of carbonyl (C=O) groups excluding carboxylic acids is 1. The molecule has 104 valence electrons. The second-order valence-corrected chi connectivity index (χ2v) is 5.31. The van der Waals surface area contributed by atoms with Crippen LogP contribution < -0.4 is 5.32 Å². The van der Waals surface area contributed by atoms with Gasteiger partial charge in [0, 0.05) is 18.3 Å². The van der Waals surface area contributed by atoms with Crippen molar-refractivity contribution in [3.63, 3.8) is 0 Å². The third-order valence-corrected chi connectivity index (χ3v) is 3.92. The van der Waals surface area contributed by atoms with Crippen LogP contribution in [-0.2, 0) is 4.79 Å². The Balaban J connectivity index is 1.79. The molecule has 1 fully saturated rings. The first-order valence-electron chi connectivity index (χ1n) is 7.23. The summed E-state index contributed by atoms with van der Waals surface area (Å²) in [6.07, 6.45) is 11.0. The van der Waals surface area contributed by atoms with Crippen molar-refractivity contribution in [3.05, 3.63) is 43.0 Å². The highest BCUT2D eigenvalue weighted by molar-refractivity contribution is 5.94. The first-order chi connectivity index (χ1) is 9.84. The molecule has 2 aromatic rings. The number of nitrogens with one attached hydrogen (secondary N) is 1. The minimum atomic E-state index is 0.150. The lowest BCUT2D eigenvalue weighted by atomic mass is 9.88. The Morgan fingerprint density at radius 2 is 2.00 bits per heavy atom. The Morgan fingerprint density at radius 1 is 1.20 bits per heavy atom. The molecular weight excluding hydrogens is 250 g/mol. The summed E-state index contributed by atoms with van der Waals surface area (Å²) < 4.78 is 1.91. The van der Waals surface area contributed by atoms with Crippen molar-refractivity contribution in [2.24, 2.45) is 5.92 Å². The molecule has 1 aliphatic rings. The molecule has 0 spiro atoms. The van der Waals surface area contributed by atoms with Gasteiger partial charge in [-0.3, -0.25) is 4.79 Å². The summed E-state index contributed by atoms with van der Waals surface area (Å²) in [5.74, 6) is 0.317. The maximum absolute atomic E-state index is 12.4. The van der Waals surface area contributed by atoms with Gasteiger partial charge in [-0.25, -0.2) is 4.98 Å². The van der Waals surface area contributed by atoms with Gasteiger partial charge in [0.25, 0.3) is 0 Å². The van der Waals surface area contributed by atoms with E-state index in [1.165, 1.54) is 19.3 Å². The van der Waals surface area contributed by atoms with E-state index < -0.39 is 0 Å². The summed E-state index contributed by atoms with van der Waals surface area (Å²) in [5, 5.41) is 3.08. The average molecular weight is 269 g/mol. The number of rotatable bonds is 3. The maximum Gasteiger partial charge on any atom is 0.227 e. The molecule has 3 rings (SSSR count). The second-order valence-electron chi connectivity index (χ2n) is 5.31. The molecule has 1 aromatic carbocycles. The fourth-order valence-electron chi connectivity index (χ4n) is 2.81. The number of aromatic nitrogens is 2. The van der Waals surface area contributed by atoms with Crippen LogP contribution in [-0.4, -0.2) is 15.5 Å². The van der Waals surface area contributed by atoms with Gasteiger partial charge < -0.3 is 9.88 Å². The first kappa shape index (κ1) is 12.9. The molecule has 1 N–H and O–H groups in total. The van der Waals surface area contributed by atoms with Crippen LogP contribution in [0.2, 0.25) is 0 Å². The predicted octanol–water partition coefficient (Wildman–Crippen LogP) is 3.39. The highest BCUT2D eigenvalue weighted by Gasteiger charge is 2.21. The van der Waals surface area contributed by atoms with Gasteiger partial charge in [-0.05, 0) is 25.0 Å². The van der Waals surface area contributed by atoms with Crippen molar-refractivity contribution >= 4 is 11.6 Å². The van der Waals surface area contributed by atoms with Crippen LogP contribution >= 0.6 is 0 Å². The molecule has 1 saturated carbocycles. The van der Waals surface area contributed by atoms with E-state index >= 15 is 0 Å². The van der Waals surface area contributed by atoms with Crippen LogP contribution in [0.25, 0.3) is 5.69 Å². The molecule has 0 radical (unpaired) electrons. The second kappa shape index (κ2) is 5.90. The molecule has 20 heavy (non-hydrogen) atoms. The zero-order valence-electron chi connectivity index (χ0n) is 11.5. The Labute approximate surface area is 118 Å². The third kappa shape index (κ3) is 2.74. The molecule has 1 aromatic heterocycles. The molecule has 0 aliphatic heterocycles. The number of imidazole rings is 1. The Bertz CT molecular complexity index is 571. The van der Waals surface area contributed by atoms with Crippen LogP contribution in [0, 0.1) is 5.92 Å². The quantitative estimate of drug-likeness (QED) is 0.928. The monoisotopic (exact) mass is 269 g/mol. The fourth-order valence-corrected chi connectivity index (χ4v) is 2.81. The number of amides is 1. The standard InChI is InChI=1S/C16H19N3O/c20-16(13-6-2-1-3-7-13)18-14-8-4-5-9-15(14)19-11-10-17-12-19/h4-5,8-13H,1-3,6-7H2,(H,18,20). The van der Waals surface area contributed by atoms with Crippen molar-refractivity contribution in [1.29, 1.82) is 0 Å². The minimum absolute atomic E-state index is 0.150. The summed E-state index contributed by atoms with van der Waals surface area (Å²) in [7, 11) is 0. The molecular formula is C16H19N3O.